The molecule has 0 aliphatic rings. The maximum Gasteiger partial charge on any atom is 0.182 e. The second kappa shape index (κ2) is 5.79. The van der Waals surface area contributed by atoms with Gasteiger partial charge in [0.05, 0.1) is 0 Å². The smallest absolute Gasteiger partial charge is 0.182 e. The average molecular weight is 268 g/mol. The minimum atomic E-state index is 0.566. The van der Waals surface area contributed by atoms with Gasteiger partial charge >= 0.3 is 0 Å². The van der Waals surface area contributed by atoms with Crippen LogP contribution in [0.25, 0.3) is 11.4 Å². The number of ether oxygens (including phenoxy) is 1. The maximum atomic E-state index is 5.97. The molecule has 1 aromatic carbocycles. The van der Waals surface area contributed by atoms with E-state index >= 15 is 0 Å². The Morgan fingerprint density at radius 2 is 2.22 bits per heavy atom. The highest BCUT2D eigenvalue weighted by atomic mass is 35.5. The Bertz CT molecular complexity index is 508. The molecule has 2 rings (SSSR count). The molecule has 1 aromatic heterocycles. The number of rotatable bonds is 5. The lowest BCUT2D eigenvalue weighted by atomic mass is 10.2. The lowest BCUT2D eigenvalue weighted by Crippen LogP contribution is -2.05. The van der Waals surface area contributed by atoms with Crippen LogP contribution in [0.5, 0.6) is 0 Å². The summed E-state index contributed by atoms with van der Waals surface area (Å²) in [5.74, 6) is 0.653. The van der Waals surface area contributed by atoms with E-state index in [4.69, 9.17) is 22.1 Å². The summed E-state index contributed by atoms with van der Waals surface area (Å²) in [4.78, 5) is 0. The third-order valence-corrected chi connectivity index (χ3v) is 2.65. The monoisotopic (exact) mass is 267 g/mol. The van der Waals surface area contributed by atoms with E-state index in [2.05, 4.69) is 15.5 Å². The predicted molar refractivity (Wildman–Crippen MR) is 69.2 cm³/mol. The maximum absolute atomic E-state index is 5.97. The van der Waals surface area contributed by atoms with Crippen molar-refractivity contribution in [2.45, 2.75) is 13.0 Å². The van der Waals surface area contributed by atoms with Crippen LogP contribution in [0.3, 0.4) is 0 Å². The molecule has 0 bridgehead atoms. The van der Waals surface area contributed by atoms with Gasteiger partial charge in [-0.2, -0.15) is 0 Å². The van der Waals surface area contributed by atoms with Crippen molar-refractivity contribution in [1.29, 1.82) is 0 Å². The number of nitrogen functional groups attached to an aromatic ring is 1. The molecule has 7 heteroatoms. The SMILES string of the molecule is COCCCn1nnnc1-c1cc(N)cc(Cl)c1. The van der Waals surface area contributed by atoms with Gasteiger partial charge in [-0.15, -0.1) is 5.10 Å². The molecule has 96 valence electrons. The summed E-state index contributed by atoms with van der Waals surface area (Å²) in [6.45, 7) is 1.35. The van der Waals surface area contributed by atoms with Gasteiger partial charge in [0.1, 0.15) is 0 Å². The van der Waals surface area contributed by atoms with Crippen molar-refractivity contribution >= 4 is 17.3 Å². The lowest BCUT2D eigenvalue weighted by Gasteiger charge is -2.05. The van der Waals surface area contributed by atoms with Gasteiger partial charge in [-0.05, 0) is 35.0 Å². The van der Waals surface area contributed by atoms with Gasteiger partial charge in [-0.3, -0.25) is 0 Å². The van der Waals surface area contributed by atoms with Crippen LogP contribution in [0.2, 0.25) is 5.02 Å². The molecule has 0 spiro atoms. The van der Waals surface area contributed by atoms with E-state index in [-0.39, 0.29) is 0 Å². The Kier molecular flexibility index (Phi) is 4.11. The number of tetrazole rings is 1. The summed E-state index contributed by atoms with van der Waals surface area (Å²) in [5, 5.41) is 12.2. The zero-order valence-electron chi connectivity index (χ0n) is 10.0. The zero-order chi connectivity index (χ0) is 13.0. The molecular formula is C11H14ClN5O. The quantitative estimate of drug-likeness (QED) is 0.658. The first kappa shape index (κ1) is 12.8. The van der Waals surface area contributed by atoms with Crippen molar-refractivity contribution in [3.05, 3.63) is 23.2 Å². The van der Waals surface area contributed by atoms with E-state index in [1.165, 1.54) is 0 Å². The van der Waals surface area contributed by atoms with Crippen LogP contribution < -0.4 is 5.73 Å². The van der Waals surface area contributed by atoms with Crippen LogP contribution in [0, 0.1) is 0 Å². The molecule has 0 saturated heterocycles. The minimum absolute atomic E-state index is 0.566. The molecule has 0 atom stereocenters. The number of anilines is 1. The summed E-state index contributed by atoms with van der Waals surface area (Å²) >= 11 is 5.97. The number of methoxy groups -OCH3 is 1. The number of benzene rings is 1. The second-order valence-corrected chi connectivity index (χ2v) is 4.28. The van der Waals surface area contributed by atoms with Gasteiger partial charge in [0.15, 0.2) is 5.82 Å². The van der Waals surface area contributed by atoms with Crippen molar-refractivity contribution in [1.82, 2.24) is 20.2 Å². The van der Waals surface area contributed by atoms with Gasteiger partial charge in [0, 0.05) is 36.5 Å². The molecule has 0 unspecified atom stereocenters. The molecule has 0 radical (unpaired) electrons. The van der Waals surface area contributed by atoms with E-state index in [0.717, 1.165) is 12.0 Å². The van der Waals surface area contributed by atoms with Crippen LogP contribution in [0.15, 0.2) is 18.2 Å². The standard InChI is InChI=1S/C11H14ClN5O/c1-18-4-2-3-17-11(14-15-16-17)8-5-9(12)7-10(13)6-8/h5-7H,2-4,13H2,1H3. The highest BCUT2D eigenvalue weighted by Crippen LogP contribution is 2.24. The number of nitrogens with zero attached hydrogens (tertiary/aromatic N) is 4. The Morgan fingerprint density at radius 3 is 2.94 bits per heavy atom. The number of nitrogens with two attached hydrogens (primary N) is 1. The van der Waals surface area contributed by atoms with Crippen molar-refractivity contribution in [3.63, 3.8) is 0 Å². The summed E-state index contributed by atoms with van der Waals surface area (Å²) in [6.07, 6.45) is 0.838. The average Bonchev–Trinajstić information content (AvgIpc) is 2.76. The molecule has 6 nitrogen and oxygen atoms in total. The largest absolute Gasteiger partial charge is 0.399 e. The van der Waals surface area contributed by atoms with E-state index < -0.39 is 0 Å². The van der Waals surface area contributed by atoms with Gasteiger partial charge in [0.25, 0.3) is 0 Å². The summed E-state index contributed by atoms with van der Waals surface area (Å²) < 4.78 is 6.71. The molecule has 0 aliphatic carbocycles. The Hall–Kier alpha value is -1.66. The first-order chi connectivity index (χ1) is 8.70. The van der Waals surface area contributed by atoms with Gasteiger partial charge < -0.3 is 10.5 Å². The second-order valence-electron chi connectivity index (χ2n) is 3.85. The summed E-state index contributed by atoms with van der Waals surface area (Å²) in [6, 6.07) is 5.27. The van der Waals surface area contributed by atoms with Crippen molar-refractivity contribution in [2.75, 3.05) is 19.5 Å². The molecule has 2 N–H and O–H groups in total. The fraction of sp³-hybridized carbons (Fsp3) is 0.364. The van der Waals surface area contributed by atoms with Gasteiger partial charge in [0.2, 0.25) is 0 Å². The Morgan fingerprint density at radius 1 is 1.39 bits per heavy atom. The number of hydrogen-bond donors (Lipinski definition) is 1. The van der Waals surface area contributed by atoms with Crippen LogP contribution in [0.1, 0.15) is 6.42 Å². The molecule has 18 heavy (non-hydrogen) atoms. The van der Waals surface area contributed by atoms with Crippen molar-refractivity contribution in [2.24, 2.45) is 0 Å². The summed E-state index contributed by atoms with van der Waals surface area (Å²) in [7, 11) is 1.66. The minimum Gasteiger partial charge on any atom is -0.399 e. The van der Waals surface area contributed by atoms with E-state index in [1.54, 1.807) is 30.0 Å². The molecule has 0 amide bonds. The van der Waals surface area contributed by atoms with E-state index in [9.17, 15) is 0 Å². The van der Waals surface area contributed by atoms with Crippen LogP contribution >= 0.6 is 11.6 Å². The third-order valence-electron chi connectivity index (χ3n) is 2.43. The van der Waals surface area contributed by atoms with E-state index in [0.29, 0.717) is 29.7 Å². The predicted octanol–water partition coefficient (Wildman–Crippen LogP) is 1.61. The Balaban J connectivity index is 2.24. The summed E-state index contributed by atoms with van der Waals surface area (Å²) in [5.41, 5.74) is 7.15. The highest BCUT2D eigenvalue weighted by Gasteiger charge is 2.10. The Labute approximate surface area is 110 Å². The first-order valence-electron chi connectivity index (χ1n) is 5.52. The van der Waals surface area contributed by atoms with Crippen LogP contribution in [-0.4, -0.2) is 33.9 Å². The molecule has 0 fully saturated rings. The van der Waals surface area contributed by atoms with Gasteiger partial charge in [-0.25, -0.2) is 4.68 Å². The molecular weight excluding hydrogens is 254 g/mol. The number of aromatic nitrogens is 4. The molecule has 1 heterocycles. The number of aryl methyl sites for hydroxylation is 1. The normalized spacial score (nSPS) is 10.8. The first-order valence-corrected chi connectivity index (χ1v) is 5.90. The highest BCUT2D eigenvalue weighted by molar-refractivity contribution is 6.31. The third kappa shape index (κ3) is 2.96. The van der Waals surface area contributed by atoms with E-state index in [1.807, 2.05) is 0 Å². The molecule has 0 saturated carbocycles. The lowest BCUT2D eigenvalue weighted by molar-refractivity contribution is 0.189. The zero-order valence-corrected chi connectivity index (χ0v) is 10.8. The topological polar surface area (TPSA) is 78.8 Å². The fourth-order valence-corrected chi connectivity index (χ4v) is 1.91. The fourth-order valence-electron chi connectivity index (χ4n) is 1.66. The molecule has 0 aliphatic heterocycles. The van der Waals surface area contributed by atoms with Crippen LogP contribution in [0.4, 0.5) is 5.69 Å². The number of hydrogen-bond acceptors (Lipinski definition) is 5. The van der Waals surface area contributed by atoms with Crippen LogP contribution in [-0.2, 0) is 11.3 Å². The van der Waals surface area contributed by atoms with Crippen molar-refractivity contribution in [3.8, 4) is 11.4 Å². The van der Waals surface area contributed by atoms with Gasteiger partial charge in [-0.1, -0.05) is 11.6 Å². The number of halogens is 1. The van der Waals surface area contributed by atoms with Crippen molar-refractivity contribution < 1.29 is 4.74 Å². The molecule has 2 aromatic rings.